The number of allylic oxidation sites excluding steroid dienone is 1. The molecule has 2 unspecified atom stereocenters. The predicted molar refractivity (Wildman–Crippen MR) is 110 cm³/mol. The second-order valence-corrected chi connectivity index (χ2v) is 7.58. The Bertz CT molecular complexity index is 833. The molecule has 0 saturated heterocycles. The molecule has 2 atom stereocenters. The third-order valence-electron chi connectivity index (χ3n) is 5.26. The zero-order chi connectivity index (χ0) is 19.6. The van der Waals surface area contributed by atoms with Gasteiger partial charge in [0, 0.05) is 29.8 Å². The van der Waals surface area contributed by atoms with E-state index >= 15 is 0 Å². The predicted octanol–water partition coefficient (Wildman–Crippen LogP) is 4.34. The summed E-state index contributed by atoms with van der Waals surface area (Å²) >= 11 is 0. The Morgan fingerprint density at radius 2 is 1.93 bits per heavy atom. The van der Waals surface area contributed by atoms with E-state index in [-0.39, 0.29) is 18.0 Å². The number of carbonyl (C=O) groups excluding carboxylic acids is 1. The Kier molecular flexibility index (Phi) is 5.68. The molecule has 1 aromatic heterocycles. The van der Waals surface area contributed by atoms with Crippen molar-refractivity contribution in [3.05, 3.63) is 58.9 Å². The number of benzene rings is 1. The van der Waals surface area contributed by atoms with Gasteiger partial charge in [-0.2, -0.15) is 5.10 Å². The van der Waals surface area contributed by atoms with Crippen LogP contribution in [0.15, 0.2) is 36.4 Å². The van der Waals surface area contributed by atoms with Crippen LogP contribution in [-0.2, 0) is 0 Å². The molecule has 2 amide bonds. The van der Waals surface area contributed by atoms with Crippen molar-refractivity contribution >= 4 is 6.03 Å². The summed E-state index contributed by atoms with van der Waals surface area (Å²) in [6.45, 7) is 11.2. The molecule has 0 spiro atoms. The van der Waals surface area contributed by atoms with Gasteiger partial charge in [-0.3, -0.25) is 0 Å². The number of rotatable bonds is 5. The Hall–Kier alpha value is -2.56. The zero-order valence-electron chi connectivity index (χ0n) is 16.9. The van der Waals surface area contributed by atoms with E-state index in [0.717, 1.165) is 23.5 Å². The molecule has 5 nitrogen and oxygen atoms in total. The Balaban J connectivity index is 1.79. The largest absolute Gasteiger partial charge is 0.338 e. The molecule has 0 aliphatic heterocycles. The summed E-state index contributed by atoms with van der Waals surface area (Å²) < 4.78 is 2.03. The van der Waals surface area contributed by atoms with Gasteiger partial charge < -0.3 is 10.6 Å². The minimum absolute atomic E-state index is 0.0639. The fourth-order valence-electron chi connectivity index (χ4n) is 3.84. The highest BCUT2D eigenvalue weighted by Crippen LogP contribution is 2.34. The van der Waals surface area contributed by atoms with Crippen molar-refractivity contribution in [1.29, 1.82) is 0 Å². The lowest BCUT2D eigenvalue weighted by atomic mass is 9.96. The van der Waals surface area contributed by atoms with E-state index in [1.165, 1.54) is 11.1 Å². The molecule has 0 fully saturated rings. The van der Waals surface area contributed by atoms with Crippen molar-refractivity contribution in [1.82, 2.24) is 20.4 Å². The first-order chi connectivity index (χ1) is 12.9. The number of nitrogens with one attached hydrogen (secondary N) is 2. The lowest BCUT2D eigenvalue weighted by Crippen LogP contribution is -2.40. The monoisotopic (exact) mass is 366 g/mol. The van der Waals surface area contributed by atoms with Crippen LogP contribution in [0.1, 0.15) is 61.5 Å². The van der Waals surface area contributed by atoms with E-state index in [9.17, 15) is 4.79 Å². The van der Waals surface area contributed by atoms with E-state index in [2.05, 4.69) is 74.7 Å². The quantitative estimate of drug-likeness (QED) is 0.773. The van der Waals surface area contributed by atoms with Crippen LogP contribution in [0, 0.1) is 13.8 Å². The van der Waals surface area contributed by atoms with Crippen molar-refractivity contribution in [3.8, 4) is 5.69 Å². The van der Waals surface area contributed by atoms with Gasteiger partial charge in [-0.15, -0.1) is 0 Å². The molecule has 27 heavy (non-hydrogen) atoms. The van der Waals surface area contributed by atoms with Crippen molar-refractivity contribution in [2.45, 2.75) is 58.9 Å². The molecule has 1 aliphatic carbocycles. The summed E-state index contributed by atoms with van der Waals surface area (Å²) in [7, 11) is 0. The Morgan fingerprint density at radius 3 is 2.56 bits per heavy atom. The second-order valence-electron chi connectivity index (χ2n) is 7.58. The number of aryl methyl sites for hydroxylation is 1. The van der Waals surface area contributed by atoms with Crippen LogP contribution in [0.5, 0.6) is 0 Å². The minimum atomic E-state index is -0.109. The van der Waals surface area contributed by atoms with Gasteiger partial charge in [0.2, 0.25) is 0 Å². The highest BCUT2D eigenvalue weighted by Gasteiger charge is 2.26. The van der Waals surface area contributed by atoms with Gasteiger partial charge in [-0.1, -0.05) is 38.1 Å². The van der Waals surface area contributed by atoms with Crippen LogP contribution in [-0.4, -0.2) is 28.4 Å². The van der Waals surface area contributed by atoms with Gasteiger partial charge in [0.1, 0.15) is 0 Å². The number of nitrogens with zero attached hydrogens (tertiary/aromatic N) is 2. The summed E-state index contributed by atoms with van der Waals surface area (Å²) in [5, 5.41) is 10.6. The number of hydrogen-bond acceptors (Lipinski definition) is 2. The van der Waals surface area contributed by atoms with Crippen LogP contribution in [0.2, 0.25) is 0 Å². The smallest absolute Gasteiger partial charge is 0.315 e. The van der Waals surface area contributed by atoms with Gasteiger partial charge in [0.15, 0.2) is 0 Å². The zero-order valence-corrected chi connectivity index (χ0v) is 16.9. The Labute approximate surface area is 161 Å². The standard InChI is InChI=1S/C22H30N4O/c1-6-23-22(27)24-19-10-7-18(13-19)21-15(4)25-26(16(21)5)20-11-8-17(9-12-20)14(2)3/h7-12,14,18-19H,6,13H2,1-5H3,(H2,23,24,27). The molecule has 1 aromatic carbocycles. The molecule has 0 radical (unpaired) electrons. The second kappa shape index (κ2) is 7.99. The minimum Gasteiger partial charge on any atom is -0.338 e. The average Bonchev–Trinajstić information content (AvgIpc) is 3.19. The molecule has 3 rings (SSSR count). The molecule has 2 aromatic rings. The van der Waals surface area contributed by atoms with E-state index in [1.54, 1.807) is 0 Å². The van der Waals surface area contributed by atoms with E-state index in [1.807, 2.05) is 11.6 Å². The van der Waals surface area contributed by atoms with Gasteiger partial charge in [0.25, 0.3) is 0 Å². The van der Waals surface area contributed by atoms with E-state index in [4.69, 9.17) is 5.10 Å². The first kappa shape index (κ1) is 19.2. The summed E-state index contributed by atoms with van der Waals surface area (Å²) in [4.78, 5) is 11.8. The van der Waals surface area contributed by atoms with Gasteiger partial charge in [0.05, 0.1) is 11.4 Å². The topological polar surface area (TPSA) is 59.0 Å². The normalized spacial score (nSPS) is 18.9. The summed E-state index contributed by atoms with van der Waals surface area (Å²) in [5.41, 5.74) is 5.90. The molecule has 144 valence electrons. The van der Waals surface area contributed by atoms with E-state index < -0.39 is 0 Å². The maximum Gasteiger partial charge on any atom is 0.315 e. The number of amides is 2. The molecule has 5 heteroatoms. The highest BCUT2D eigenvalue weighted by atomic mass is 16.2. The van der Waals surface area contributed by atoms with Gasteiger partial charge in [-0.25, -0.2) is 9.48 Å². The molecule has 1 heterocycles. The van der Waals surface area contributed by atoms with Crippen molar-refractivity contribution < 1.29 is 4.79 Å². The molecular formula is C22H30N4O. The maximum absolute atomic E-state index is 11.8. The third kappa shape index (κ3) is 4.07. The molecule has 0 bridgehead atoms. The molecular weight excluding hydrogens is 336 g/mol. The molecule has 1 aliphatic rings. The lowest BCUT2D eigenvalue weighted by Gasteiger charge is -2.15. The lowest BCUT2D eigenvalue weighted by molar-refractivity contribution is 0.239. The van der Waals surface area contributed by atoms with Crippen molar-refractivity contribution in [2.24, 2.45) is 0 Å². The maximum atomic E-state index is 11.8. The van der Waals surface area contributed by atoms with Gasteiger partial charge >= 0.3 is 6.03 Å². The fourth-order valence-corrected chi connectivity index (χ4v) is 3.84. The van der Waals surface area contributed by atoms with Crippen LogP contribution >= 0.6 is 0 Å². The van der Waals surface area contributed by atoms with E-state index in [0.29, 0.717) is 12.5 Å². The summed E-state index contributed by atoms with van der Waals surface area (Å²) in [6.07, 6.45) is 5.16. The fraction of sp³-hybridized carbons (Fsp3) is 0.455. The van der Waals surface area contributed by atoms with Crippen LogP contribution in [0.4, 0.5) is 4.79 Å². The van der Waals surface area contributed by atoms with Crippen molar-refractivity contribution in [3.63, 3.8) is 0 Å². The Morgan fingerprint density at radius 1 is 1.22 bits per heavy atom. The van der Waals surface area contributed by atoms with Crippen LogP contribution in [0.3, 0.4) is 0 Å². The summed E-state index contributed by atoms with van der Waals surface area (Å²) in [6, 6.07) is 8.59. The molecule has 2 N–H and O–H groups in total. The van der Waals surface area contributed by atoms with Crippen LogP contribution < -0.4 is 10.6 Å². The number of aromatic nitrogens is 2. The number of hydrogen-bond donors (Lipinski definition) is 2. The first-order valence-electron chi connectivity index (χ1n) is 9.79. The average molecular weight is 367 g/mol. The molecule has 0 saturated carbocycles. The van der Waals surface area contributed by atoms with Crippen LogP contribution in [0.25, 0.3) is 5.69 Å². The highest BCUT2D eigenvalue weighted by molar-refractivity contribution is 5.74. The van der Waals surface area contributed by atoms with Crippen molar-refractivity contribution in [2.75, 3.05) is 6.54 Å². The first-order valence-corrected chi connectivity index (χ1v) is 9.79. The van der Waals surface area contributed by atoms with Gasteiger partial charge in [-0.05, 0) is 50.8 Å². The third-order valence-corrected chi connectivity index (χ3v) is 5.26. The summed E-state index contributed by atoms with van der Waals surface area (Å²) in [5.74, 6) is 0.800. The number of urea groups is 1. The number of carbonyl (C=O) groups is 1. The SMILES string of the molecule is CCNC(=O)NC1C=CC(c2c(C)nn(-c3ccc(C(C)C)cc3)c2C)C1.